The highest BCUT2D eigenvalue weighted by Gasteiger charge is 2.37. The van der Waals surface area contributed by atoms with Gasteiger partial charge in [-0.2, -0.15) is 0 Å². The second kappa shape index (κ2) is 5.15. The van der Waals surface area contributed by atoms with Gasteiger partial charge in [0.1, 0.15) is 0 Å². The molecule has 0 aromatic rings. The normalized spacial score (nSPS) is 36.8. The van der Waals surface area contributed by atoms with Crippen LogP contribution in [0.15, 0.2) is 0 Å². The van der Waals surface area contributed by atoms with E-state index in [1.165, 1.54) is 44.9 Å². The van der Waals surface area contributed by atoms with E-state index in [1.807, 2.05) is 0 Å². The SMILES string of the molecule is CC(C)(C)C1CCC(NC2CCCC2(C)C)CC1. The van der Waals surface area contributed by atoms with Crippen LogP contribution < -0.4 is 5.32 Å². The third-order valence-electron chi connectivity index (χ3n) is 5.65. The molecule has 2 saturated carbocycles. The number of rotatable bonds is 2. The number of hydrogen-bond acceptors (Lipinski definition) is 1. The van der Waals surface area contributed by atoms with Gasteiger partial charge in [0.2, 0.25) is 0 Å². The molecule has 1 unspecified atom stereocenters. The fourth-order valence-corrected chi connectivity index (χ4v) is 4.05. The summed E-state index contributed by atoms with van der Waals surface area (Å²) >= 11 is 0. The van der Waals surface area contributed by atoms with Crippen LogP contribution in [0.1, 0.15) is 79.6 Å². The van der Waals surface area contributed by atoms with Gasteiger partial charge in [0.15, 0.2) is 0 Å². The zero-order chi connectivity index (χ0) is 13.4. The topological polar surface area (TPSA) is 12.0 Å². The van der Waals surface area contributed by atoms with Crippen LogP contribution in [0.25, 0.3) is 0 Å². The van der Waals surface area contributed by atoms with Gasteiger partial charge in [-0.3, -0.25) is 0 Å². The Morgan fingerprint density at radius 1 is 0.944 bits per heavy atom. The van der Waals surface area contributed by atoms with Gasteiger partial charge in [0.25, 0.3) is 0 Å². The van der Waals surface area contributed by atoms with Gasteiger partial charge in [0.05, 0.1) is 0 Å². The van der Waals surface area contributed by atoms with E-state index in [1.54, 1.807) is 0 Å². The maximum absolute atomic E-state index is 3.98. The van der Waals surface area contributed by atoms with Crippen LogP contribution in [-0.4, -0.2) is 12.1 Å². The van der Waals surface area contributed by atoms with Gasteiger partial charge in [-0.1, -0.05) is 41.0 Å². The van der Waals surface area contributed by atoms with Crippen LogP contribution in [0.5, 0.6) is 0 Å². The fraction of sp³-hybridized carbons (Fsp3) is 1.00. The summed E-state index contributed by atoms with van der Waals surface area (Å²) in [5.74, 6) is 0.937. The molecule has 1 atom stereocenters. The standard InChI is InChI=1S/C17H33N/c1-16(2,3)13-8-10-14(11-9-13)18-15-7-6-12-17(15,4)5/h13-15,18H,6-12H2,1-5H3. The van der Waals surface area contributed by atoms with E-state index in [2.05, 4.69) is 39.9 Å². The molecule has 0 heterocycles. The quantitative estimate of drug-likeness (QED) is 0.746. The van der Waals surface area contributed by atoms with Crippen LogP contribution >= 0.6 is 0 Å². The Bertz CT molecular complexity index is 266. The maximum Gasteiger partial charge on any atom is 0.0121 e. The van der Waals surface area contributed by atoms with Crippen molar-refractivity contribution in [2.75, 3.05) is 0 Å². The molecule has 2 fully saturated rings. The molecule has 18 heavy (non-hydrogen) atoms. The zero-order valence-corrected chi connectivity index (χ0v) is 13.2. The van der Waals surface area contributed by atoms with E-state index in [0.29, 0.717) is 10.8 Å². The summed E-state index contributed by atoms with van der Waals surface area (Å²) < 4.78 is 0. The minimum atomic E-state index is 0.512. The Morgan fingerprint density at radius 3 is 2.00 bits per heavy atom. The number of hydrogen-bond donors (Lipinski definition) is 1. The first-order valence-corrected chi connectivity index (χ1v) is 8.05. The van der Waals surface area contributed by atoms with Gasteiger partial charge in [-0.25, -0.2) is 0 Å². The third-order valence-corrected chi connectivity index (χ3v) is 5.65. The lowest BCUT2D eigenvalue weighted by molar-refractivity contribution is 0.146. The average Bonchev–Trinajstić information content (AvgIpc) is 2.58. The lowest BCUT2D eigenvalue weighted by atomic mass is 9.71. The zero-order valence-electron chi connectivity index (χ0n) is 13.2. The van der Waals surface area contributed by atoms with E-state index in [0.717, 1.165) is 18.0 Å². The highest BCUT2D eigenvalue weighted by Crippen LogP contribution is 2.40. The summed E-state index contributed by atoms with van der Waals surface area (Å²) in [4.78, 5) is 0. The lowest BCUT2D eigenvalue weighted by Gasteiger charge is -2.39. The van der Waals surface area contributed by atoms with Crippen molar-refractivity contribution in [3.05, 3.63) is 0 Å². The van der Waals surface area contributed by atoms with Crippen molar-refractivity contribution in [3.8, 4) is 0 Å². The monoisotopic (exact) mass is 251 g/mol. The molecule has 0 aromatic carbocycles. The summed E-state index contributed by atoms with van der Waals surface area (Å²) in [5, 5.41) is 3.98. The van der Waals surface area contributed by atoms with Gasteiger partial charge < -0.3 is 5.32 Å². The molecule has 2 aliphatic carbocycles. The molecule has 106 valence electrons. The van der Waals surface area contributed by atoms with Gasteiger partial charge in [-0.05, 0) is 55.3 Å². The summed E-state index contributed by atoms with van der Waals surface area (Å²) in [6, 6.07) is 1.57. The molecule has 0 amide bonds. The molecule has 1 N–H and O–H groups in total. The molecule has 0 aliphatic heterocycles. The highest BCUT2D eigenvalue weighted by atomic mass is 15.0. The van der Waals surface area contributed by atoms with Crippen LogP contribution in [0.3, 0.4) is 0 Å². The minimum Gasteiger partial charge on any atom is -0.311 e. The predicted octanol–water partition coefficient (Wildman–Crippen LogP) is 4.76. The Labute approximate surface area is 114 Å². The summed E-state index contributed by atoms with van der Waals surface area (Å²) in [7, 11) is 0. The molecule has 0 aromatic heterocycles. The van der Waals surface area contributed by atoms with Crippen molar-refractivity contribution < 1.29 is 0 Å². The summed E-state index contributed by atoms with van der Waals surface area (Å²) in [6.45, 7) is 12.1. The molecule has 0 bridgehead atoms. The molecular weight excluding hydrogens is 218 g/mol. The summed E-state index contributed by atoms with van der Waals surface area (Å²) in [6.07, 6.45) is 9.86. The van der Waals surface area contributed by atoms with Crippen molar-refractivity contribution >= 4 is 0 Å². The first-order valence-electron chi connectivity index (χ1n) is 8.05. The van der Waals surface area contributed by atoms with Crippen LogP contribution in [-0.2, 0) is 0 Å². The molecule has 0 saturated heterocycles. The van der Waals surface area contributed by atoms with Crippen molar-refractivity contribution in [3.63, 3.8) is 0 Å². The summed E-state index contributed by atoms with van der Waals surface area (Å²) in [5.41, 5.74) is 1.04. The van der Waals surface area contributed by atoms with Crippen molar-refractivity contribution in [1.29, 1.82) is 0 Å². The first-order chi connectivity index (χ1) is 8.29. The first kappa shape index (κ1) is 14.4. The second-order valence-corrected chi connectivity index (χ2v) is 8.51. The van der Waals surface area contributed by atoms with Crippen LogP contribution in [0, 0.1) is 16.7 Å². The van der Waals surface area contributed by atoms with Crippen LogP contribution in [0.4, 0.5) is 0 Å². The van der Waals surface area contributed by atoms with Gasteiger partial charge in [-0.15, -0.1) is 0 Å². The molecule has 1 heteroatoms. The number of nitrogens with one attached hydrogen (secondary N) is 1. The van der Waals surface area contributed by atoms with E-state index >= 15 is 0 Å². The Morgan fingerprint density at radius 2 is 1.56 bits per heavy atom. The Kier molecular flexibility index (Phi) is 4.11. The van der Waals surface area contributed by atoms with Crippen molar-refractivity contribution in [2.24, 2.45) is 16.7 Å². The molecule has 1 nitrogen and oxygen atoms in total. The van der Waals surface area contributed by atoms with E-state index in [9.17, 15) is 0 Å². The molecule has 0 spiro atoms. The van der Waals surface area contributed by atoms with E-state index in [4.69, 9.17) is 0 Å². The second-order valence-electron chi connectivity index (χ2n) is 8.51. The largest absolute Gasteiger partial charge is 0.311 e. The Hall–Kier alpha value is -0.0400. The molecule has 2 rings (SSSR count). The van der Waals surface area contributed by atoms with Gasteiger partial charge in [0, 0.05) is 12.1 Å². The van der Waals surface area contributed by atoms with E-state index in [-0.39, 0.29) is 0 Å². The lowest BCUT2D eigenvalue weighted by Crippen LogP contribution is -2.46. The average molecular weight is 251 g/mol. The maximum atomic E-state index is 3.98. The van der Waals surface area contributed by atoms with Gasteiger partial charge >= 0.3 is 0 Å². The smallest absolute Gasteiger partial charge is 0.0121 e. The molecule has 0 radical (unpaired) electrons. The van der Waals surface area contributed by atoms with Crippen molar-refractivity contribution in [2.45, 2.75) is 91.6 Å². The highest BCUT2D eigenvalue weighted by molar-refractivity contribution is 4.93. The fourth-order valence-electron chi connectivity index (χ4n) is 4.05. The van der Waals surface area contributed by atoms with E-state index < -0.39 is 0 Å². The van der Waals surface area contributed by atoms with Crippen molar-refractivity contribution in [1.82, 2.24) is 5.32 Å². The molecule has 2 aliphatic rings. The van der Waals surface area contributed by atoms with Crippen LogP contribution in [0.2, 0.25) is 0 Å². The predicted molar refractivity (Wildman–Crippen MR) is 79.8 cm³/mol. The minimum absolute atomic E-state index is 0.512. The third kappa shape index (κ3) is 3.29. The molecular formula is C17H33N. The Balaban J connectivity index is 1.80.